The summed E-state index contributed by atoms with van der Waals surface area (Å²) in [6, 6.07) is 2.16. The Bertz CT molecular complexity index is 649. The largest absolute Gasteiger partial charge is 0.353 e. The molecule has 0 bridgehead atoms. The third-order valence-corrected chi connectivity index (χ3v) is 6.09. The van der Waals surface area contributed by atoms with E-state index < -0.39 is 0 Å². The number of amides is 1. The molecule has 1 aromatic rings. The molecule has 0 saturated carbocycles. The number of hydrogen-bond acceptors (Lipinski definition) is 5. The van der Waals surface area contributed by atoms with Crippen LogP contribution >= 0.6 is 0 Å². The molecule has 1 unspecified atom stereocenters. The van der Waals surface area contributed by atoms with Crippen molar-refractivity contribution in [2.45, 2.75) is 58.4 Å². The SMILES string of the molecule is CCCc1cc(N2CCN(C)C3(CCC(=O)N(CC)CC3)C2)nc(C)n1. The molecule has 2 aliphatic heterocycles. The molecule has 1 atom stereocenters. The molecule has 1 aromatic heterocycles. The van der Waals surface area contributed by atoms with Crippen molar-refractivity contribution in [3.63, 3.8) is 0 Å². The van der Waals surface area contributed by atoms with E-state index in [2.05, 4.69) is 41.7 Å². The summed E-state index contributed by atoms with van der Waals surface area (Å²) in [5.41, 5.74) is 1.19. The van der Waals surface area contributed by atoms with Crippen molar-refractivity contribution in [3.8, 4) is 0 Å². The van der Waals surface area contributed by atoms with Crippen LogP contribution < -0.4 is 4.90 Å². The first kappa shape index (κ1) is 19.1. The van der Waals surface area contributed by atoms with Crippen molar-refractivity contribution in [1.29, 1.82) is 0 Å². The van der Waals surface area contributed by atoms with Crippen LogP contribution in [-0.4, -0.2) is 71.0 Å². The number of aromatic nitrogens is 2. The summed E-state index contributed by atoms with van der Waals surface area (Å²) < 4.78 is 0. The first-order valence-corrected chi connectivity index (χ1v) is 10.1. The lowest BCUT2D eigenvalue weighted by molar-refractivity contribution is -0.130. The van der Waals surface area contributed by atoms with E-state index in [9.17, 15) is 4.79 Å². The van der Waals surface area contributed by atoms with Crippen molar-refractivity contribution < 1.29 is 4.79 Å². The number of carbonyl (C=O) groups excluding carboxylic acids is 1. The van der Waals surface area contributed by atoms with Crippen molar-refractivity contribution in [3.05, 3.63) is 17.6 Å². The summed E-state index contributed by atoms with van der Waals surface area (Å²) in [6.45, 7) is 10.8. The minimum atomic E-state index is 0.0571. The van der Waals surface area contributed by atoms with Gasteiger partial charge in [-0.25, -0.2) is 9.97 Å². The van der Waals surface area contributed by atoms with E-state index in [1.54, 1.807) is 0 Å². The van der Waals surface area contributed by atoms with Gasteiger partial charge in [0, 0.05) is 56.4 Å². The van der Waals surface area contributed by atoms with Crippen LogP contribution in [0.4, 0.5) is 5.82 Å². The normalized spacial score (nSPS) is 25.0. The van der Waals surface area contributed by atoms with E-state index in [4.69, 9.17) is 4.98 Å². The Balaban J connectivity index is 1.83. The average molecular weight is 360 g/mol. The van der Waals surface area contributed by atoms with Crippen LogP contribution in [0.2, 0.25) is 0 Å². The van der Waals surface area contributed by atoms with Crippen molar-refractivity contribution in [2.75, 3.05) is 44.7 Å². The van der Waals surface area contributed by atoms with Gasteiger partial charge in [-0.3, -0.25) is 9.69 Å². The van der Waals surface area contributed by atoms with Crippen molar-refractivity contribution in [2.24, 2.45) is 0 Å². The lowest BCUT2D eigenvalue weighted by atomic mass is 9.86. The third kappa shape index (κ3) is 3.85. The zero-order valence-electron chi connectivity index (χ0n) is 16.8. The van der Waals surface area contributed by atoms with Gasteiger partial charge in [0.2, 0.25) is 5.91 Å². The Hall–Kier alpha value is -1.69. The van der Waals surface area contributed by atoms with Gasteiger partial charge in [0.15, 0.2) is 0 Å². The smallest absolute Gasteiger partial charge is 0.222 e. The molecule has 0 radical (unpaired) electrons. The quantitative estimate of drug-likeness (QED) is 0.825. The van der Waals surface area contributed by atoms with Crippen LogP contribution in [0.25, 0.3) is 0 Å². The Morgan fingerprint density at radius 2 is 1.96 bits per heavy atom. The number of piperazine rings is 1. The van der Waals surface area contributed by atoms with E-state index in [1.165, 1.54) is 0 Å². The summed E-state index contributed by atoms with van der Waals surface area (Å²) in [7, 11) is 2.22. The first-order chi connectivity index (χ1) is 12.5. The van der Waals surface area contributed by atoms with E-state index in [0.717, 1.165) is 75.7 Å². The maximum Gasteiger partial charge on any atom is 0.222 e. The van der Waals surface area contributed by atoms with E-state index in [0.29, 0.717) is 12.3 Å². The van der Waals surface area contributed by atoms with Gasteiger partial charge in [-0.2, -0.15) is 0 Å². The highest BCUT2D eigenvalue weighted by Gasteiger charge is 2.42. The standard InChI is InChI=1S/C20H33N5O/c1-5-7-17-14-18(22-16(3)21-17)25-13-12-23(4)20(15-25)9-8-19(26)24(6-2)11-10-20/h14H,5-13,15H2,1-4H3. The zero-order chi connectivity index (χ0) is 18.7. The Morgan fingerprint density at radius 3 is 2.69 bits per heavy atom. The van der Waals surface area contributed by atoms with Crippen LogP contribution in [0, 0.1) is 6.92 Å². The number of hydrogen-bond donors (Lipinski definition) is 0. The molecule has 3 heterocycles. The maximum absolute atomic E-state index is 12.4. The lowest BCUT2D eigenvalue weighted by Gasteiger charge is -2.49. The van der Waals surface area contributed by atoms with Gasteiger partial charge in [-0.05, 0) is 40.2 Å². The summed E-state index contributed by atoms with van der Waals surface area (Å²) in [6.07, 6.45) is 4.70. The number of carbonyl (C=O) groups is 1. The fourth-order valence-electron chi connectivity index (χ4n) is 4.38. The molecule has 26 heavy (non-hydrogen) atoms. The highest BCUT2D eigenvalue weighted by molar-refractivity contribution is 5.76. The van der Waals surface area contributed by atoms with Gasteiger partial charge in [-0.15, -0.1) is 0 Å². The van der Waals surface area contributed by atoms with Gasteiger partial charge in [0.05, 0.1) is 0 Å². The molecule has 0 aliphatic carbocycles. The van der Waals surface area contributed by atoms with Gasteiger partial charge >= 0.3 is 0 Å². The summed E-state index contributed by atoms with van der Waals surface area (Å²) in [4.78, 5) is 28.6. The molecule has 6 nitrogen and oxygen atoms in total. The Kier molecular flexibility index (Phi) is 5.80. The second-order valence-corrected chi connectivity index (χ2v) is 7.81. The Labute approximate surface area is 157 Å². The second-order valence-electron chi connectivity index (χ2n) is 7.81. The topological polar surface area (TPSA) is 52.6 Å². The molecule has 3 rings (SSSR count). The van der Waals surface area contributed by atoms with Crippen LogP contribution in [0.5, 0.6) is 0 Å². The molecule has 0 N–H and O–H groups in total. The molecule has 2 aliphatic rings. The van der Waals surface area contributed by atoms with Crippen LogP contribution in [0.15, 0.2) is 6.07 Å². The Morgan fingerprint density at radius 1 is 1.15 bits per heavy atom. The summed E-state index contributed by atoms with van der Waals surface area (Å²) in [5.74, 6) is 2.21. The molecule has 1 spiro atoms. The van der Waals surface area contributed by atoms with Gasteiger partial charge in [-0.1, -0.05) is 13.3 Å². The number of nitrogens with zero attached hydrogens (tertiary/aromatic N) is 5. The van der Waals surface area contributed by atoms with E-state index >= 15 is 0 Å². The van der Waals surface area contributed by atoms with Crippen LogP contribution in [-0.2, 0) is 11.2 Å². The molecule has 2 saturated heterocycles. The zero-order valence-corrected chi connectivity index (χ0v) is 16.8. The highest BCUT2D eigenvalue weighted by atomic mass is 16.2. The van der Waals surface area contributed by atoms with E-state index in [1.807, 2.05) is 11.8 Å². The van der Waals surface area contributed by atoms with Crippen molar-refractivity contribution >= 4 is 11.7 Å². The first-order valence-electron chi connectivity index (χ1n) is 10.1. The lowest BCUT2D eigenvalue weighted by Crippen LogP contribution is -2.61. The number of likely N-dealkylation sites (N-methyl/N-ethyl adjacent to an activating group) is 1. The van der Waals surface area contributed by atoms with Gasteiger partial charge in [0.25, 0.3) is 0 Å². The van der Waals surface area contributed by atoms with Crippen molar-refractivity contribution in [1.82, 2.24) is 19.8 Å². The fraction of sp³-hybridized carbons (Fsp3) is 0.750. The number of likely N-dealkylation sites (tertiary alicyclic amines) is 1. The molecule has 1 amide bonds. The third-order valence-electron chi connectivity index (χ3n) is 6.09. The molecule has 0 aromatic carbocycles. The molecular weight excluding hydrogens is 326 g/mol. The number of anilines is 1. The van der Waals surface area contributed by atoms with Crippen LogP contribution in [0.3, 0.4) is 0 Å². The highest BCUT2D eigenvalue weighted by Crippen LogP contribution is 2.33. The predicted octanol–water partition coefficient (Wildman–Crippen LogP) is 2.26. The van der Waals surface area contributed by atoms with Gasteiger partial charge in [0.1, 0.15) is 11.6 Å². The minimum Gasteiger partial charge on any atom is -0.353 e. The predicted molar refractivity (Wildman–Crippen MR) is 104 cm³/mol. The molecule has 144 valence electrons. The number of rotatable bonds is 4. The van der Waals surface area contributed by atoms with Gasteiger partial charge < -0.3 is 9.80 Å². The minimum absolute atomic E-state index is 0.0571. The van der Waals surface area contributed by atoms with Crippen LogP contribution in [0.1, 0.15) is 51.0 Å². The summed E-state index contributed by atoms with van der Waals surface area (Å²) >= 11 is 0. The maximum atomic E-state index is 12.4. The van der Waals surface area contributed by atoms with E-state index in [-0.39, 0.29) is 5.54 Å². The number of aryl methyl sites for hydroxylation is 2. The average Bonchev–Trinajstić information content (AvgIpc) is 2.77. The molecule has 2 fully saturated rings. The summed E-state index contributed by atoms with van der Waals surface area (Å²) in [5, 5.41) is 0. The fourth-order valence-corrected chi connectivity index (χ4v) is 4.38. The molecule has 6 heteroatoms. The monoisotopic (exact) mass is 359 g/mol. The molecular formula is C20H33N5O. The second kappa shape index (κ2) is 7.91.